The Labute approximate surface area is 307 Å². The number of nitrogens with one attached hydrogen (secondary N) is 1. The van der Waals surface area contributed by atoms with Gasteiger partial charge in [-0.05, 0) is 79.6 Å². The maximum atomic E-state index is 15.4. The summed E-state index contributed by atoms with van der Waals surface area (Å²) in [5.41, 5.74) is 5.24. The molecule has 1 N–H and O–H groups in total. The summed E-state index contributed by atoms with van der Waals surface area (Å²) in [5, 5.41) is 1.08. The number of hydrogen-bond donors (Lipinski definition) is 1. The van der Waals surface area contributed by atoms with Crippen LogP contribution < -0.4 is 9.46 Å². The minimum atomic E-state index is -3.80. The number of fused-ring (bicyclic) bond motifs is 9. The molecule has 2 aromatic carbocycles. The zero-order valence-corrected chi connectivity index (χ0v) is 32.0. The van der Waals surface area contributed by atoms with Crippen LogP contribution in [0.3, 0.4) is 0 Å². The highest BCUT2D eigenvalue weighted by atomic mass is 32.2. The number of amides is 2. The number of methoxy groups -OCH3 is 2. The van der Waals surface area contributed by atoms with Crippen molar-refractivity contribution in [2.24, 2.45) is 11.3 Å². The number of aromatic nitrogens is 1. The predicted octanol–water partition coefficient (Wildman–Crippen LogP) is 5.00. The Hall–Kier alpha value is -3.45. The van der Waals surface area contributed by atoms with E-state index in [2.05, 4.69) is 43.2 Å². The third-order valence-electron chi connectivity index (χ3n) is 12.3. The zero-order valence-electron chi connectivity index (χ0n) is 31.2. The summed E-state index contributed by atoms with van der Waals surface area (Å²) in [7, 11) is 1.77. The lowest BCUT2D eigenvalue weighted by Crippen LogP contribution is -2.70. The third kappa shape index (κ3) is 6.13. The Balaban J connectivity index is 1.28. The second-order valence-electron chi connectivity index (χ2n) is 16.6. The zero-order chi connectivity index (χ0) is 36.5. The Kier molecular flexibility index (Phi) is 9.20. The second-order valence-corrected chi connectivity index (χ2v) is 18.3. The SMILES string of the molecule is COCN1CC2CN(C)CC(C1)N2C(=O)C12CC1c1cc(OC)ccc1-c1c(C3CCCCC3)c3ccc(C(=O)NS(=O)(=O)CC(C)C)cc3n1C2. The van der Waals surface area contributed by atoms with Gasteiger partial charge in [0.15, 0.2) is 0 Å². The highest BCUT2D eigenvalue weighted by Gasteiger charge is 2.65. The average Bonchev–Trinajstić information content (AvgIpc) is 3.77. The third-order valence-corrected chi connectivity index (χ3v) is 13.9. The molecule has 11 nitrogen and oxygen atoms in total. The number of carbonyl (C=O) groups is 2. The molecule has 52 heavy (non-hydrogen) atoms. The van der Waals surface area contributed by atoms with Gasteiger partial charge < -0.3 is 23.8 Å². The number of sulfonamides is 1. The van der Waals surface area contributed by atoms with Gasteiger partial charge in [0.05, 0.1) is 42.8 Å². The summed E-state index contributed by atoms with van der Waals surface area (Å²) in [6, 6.07) is 12.1. The highest BCUT2D eigenvalue weighted by molar-refractivity contribution is 7.90. The van der Waals surface area contributed by atoms with Crippen molar-refractivity contribution in [1.82, 2.24) is 24.0 Å². The van der Waals surface area contributed by atoms with Gasteiger partial charge >= 0.3 is 0 Å². The largest absolute Gasteiger partial charge is 0.497 e. The van der Waals surface area contributed by atoms with Crippen molar-refractivity contribution >= 4 is 32.7 Å². The van der Waals surface area contributed by atoms with Gasteiger partial charge in [-0.15, -0.1) is 0 Å². The van der Waals surface area contributed by atoms with E-state index in [1.54, 1.807) is 20.3 Å². The second kappa shape index (κ2) is 13.4. The normalized spacial score (nSPS) is 26.4. The Morgan fingerprint density at radius 3 is 2.38 bits per heavy atom. The van der Waals surface area contributed by atoms with Crippen LogP contribution >= 0.6 is 0 Å². The van der Waals surface area contributed by atoms with E-state index in [4.69, 9.17) is 9.47 Å². The molecule has 2 saturated carbocycles. The fourth-order valence-electron chi connectivity index (χ4n) is 10.2. The standard InChI is InChI=1S/C40H53N5O6S/c1-25(2)22-52(48,49)41-38(46)27-11-13-32-35(15-27)44-23-40(39(47)45-28-18-42(3)19-29(45)21-43(20-28)24-50-4)17-34(40)33-16-30(51-5)12-14-31(33)37(44)36(32)26-9-7-6-8-10-26/h11-16,25-26,28-29,34H,6-10,17-24H2,1-5H3,(H,41,46). The molecule has 0 radical (unpaired) electrons. The highest BCUT2D eigenvalue weighted by Crippen LogP contribution is 2.66. The maximum absolute atomic E-state index is 15.4. The summed E-state index contributed by atoms with van der Waals surface area (Å²) in [6.45, 7) is 7.86. The molecule has 2 amide bonds. The number of rotatable bonds is 9. The molecule has 8 rings (SSSR count). The van der Waals surface area contributed by atoms with E-state index in [9.17, 15) is 13.2 Å². The van der Waals surface area contributed by atoms with Crippen LogP contribution in [-0.2, 0) is 26.1 Å². The van der Waals surface area contributed by atoms with E-state index in [0.717, 1.165) is 91.8 Å². The average molecular weight is 732 g/mol. The lowest BCUT2D eigenvalue weighted by atomic mass is 9.81. The van der Waals surface area contributed by atoms with Crippen LogP contribution in [0, 0.1) is 11.3 Å². The maximum Gasteiger partial charge on any atom is 0.264 e. The van der Waals surface area contributed by atoms with Gasteiger partial charge in [0.1, 0.15) is 5.75 Å². The molecule has 280 valence electrons. The smallest absolute Gasteiger partial charge is 0.264 e. The van der Waals surface area contributed by atoms with E-state index < -0.39 is 21.3 Å². The van der Waals surface area contributed by atoms with Gasteiger partial charge in [0, 0.05) is 67.8 Å². The molecule has 1 aromatic heterocycles. The van der Waals surface area contributed by atoms with E-state index in [1.165, 1.54) is 12.0 Å². The van der Waals surface area contributed by atoms with Crippen LogP contribution in [0.15, 0.2) is 36.4 Å². The first-order valence-electron chi connectivity index (χ1n) is 19.0. The monoisotopic (exact) mass is 731 g/mol. The lowest BCUT2D eigenvalue weighted by Gasteiger charge is -2.53. The number of carbonyl (C=O) groups excluding carboxylic acids is 2. The molecule has 2 saturated heterocycles. The van der Waals surface area contributed by atoms with Crippen molar-refractivity contribution in [1.29, 1.82) is 0 Å². The minimum absolute atomic E-state index is 0.0300. The van der Waals surface area contributed by atoms with Crippen molar-refractivity contribution < 1.29 is 27.5 Å². The quantitative estimate of drug-likeness (QED) is 0.328. The summed E-state index contributed by atoms with van der Waals surface area (Å²) in [5.74, 6) is 0.502. The number of nitrogens with zero attached hydrogens (tertiary/aromatic N) is 4. The van der Waals surface area contributed by atoms with Gasteiger partial charge in [-0.3, -0.25) is 14.5 Å². The fraction of sp³-hybridized carbons (Fsp3) is 0.600. The molecule has 12 heteroatoms. The molecule has 4 unspecified atom stereocenters. The summed E-state index contributed by atoms with van der Waals surface area (Å²) in [4.78, 5) is 35.8. The van der Waals surface area contributed by atoms with Crippen LogP contribution in [-0.4, -0.2) is 112 Å². The van der Waals surface area contributed by atoms with Gasteiger partial charge in [-0.25, -0.2) is 13.1 Å². The molecule has 2 bridgehead atoms. The van der Waals surface area contributed by atoms with E-state index >= 15 is 4.79 Å². The van der Waals surface area contributed by atoms with Crippen molar-refractivity contribution in [2.45, 2.75) is 82.8 Å². The summed E-state index contributed by atoms with van der Waals surface area (Å²) >= 11 is 0. The first-order chi connectivity index (χ1) is 24.9. The molecule has 5 aliphatic rings. The number of hydrogen-bond acceptors (Lipinski definition) is 8. The topological polar surface area (TPSA) is 113 Å². The Bertz CT molecular complexity index is 1990. The Morgan fingerprint density at radius 2 is 1.71 bits per heavy atom. The Morgan fingerprint density at radius 1 is 0.981 bits per heavy atom. The number of ether oxygens (including phenoxy) is 2. The van der Waals surface area contributed by atoms with E-state index in [0.29, 0.717) is 24.8 Å². The van der Waals surface area contributed by atoms with Crippen LogP contribution in [0.2, 0.25) is 0 Å². The molecule has 4 atom stereocenters. The van der Waals surface area contributed by atoms with Crippen molar-refractivity contribution in [2.75, 3.05) is 59.9 Å². The molecule has 2 aliphatic carbocycles. The van der Waals surface area contributed by atoms with Gasteiger partial charge in [-0.1, -0.05) is 39.2 Å². The molecule has 0 spiro atoms. The van der Waals surface area contributed by atoms with Crippen LogP contribution in [0.25, 0.3) is 22.2 Å². The molecule has 4 heterocycles. The number of benzene rings is 2. The van der Waals surface area contributed by atoms with Crippen molar-refractivity contribution in [3.63, 3.8) is 0 Å². The minimum Gasteiger partial charge on any atom is -0.497 e. The molecule has 3 aliphatic heterocycles. The van der Waals surface area contributed by atoms with E-state index in [1.807, 2.05) is 32.0 Å². The van der Waals surface area contributed by atoms with Crippen LogP contribution in [0.1, 0.15) is 85.7 Å². The summed E-state index contributed by atoms with van der Waals surface area (Å²) in [6.07, 6.45) is 6.47. The predicted molar refractivity (Wildman–Crippen MR) is 201 cm³/mol. The van der Waals surface area contributed by atoms with Gasteiger partial charge in [-0.2, -0.15) is 0 Å². The van der Waals surface area contributed by atoms with Crippen molar-refractivity contribution in [3.8, 4) is 17.0 Å². The molecule has 4 fully saturated rings. The van der Waals surface area contributed by atoms with Crippen LogP contribution in [0.5, 0.6) is 5.75 Å². The first kappa shape index (κ1) is 35.6. The number of likely N-dealkylation sites (N-methyl/N-ethyl adjacent to an activating group) is 1. The fourth-order valence-corrected chi connectivity index (χ4v) is 11.6. The number of piperazine rings is 2. The summed E-state index contributed by atoms with van der Waals surface area (Å²) < 4.78 is 41.6. The van der Waals surface area contributed by atoms with Crippen LogP contribution in [0.4, 0.5) is 0 Å². The molecular formula is C40H53N5O6S. The van der Waals surface area contributed by atoms with Crippen molar-refractivity contribution in [3.05, 3.63) is 53.1 Å². The molecule has 3 aromatic rings. The van der Waals surface area contributed by atoms with E-state index in [-0.39, 0.29) is 35.6 Å². The van der Waals surface area contributed by atoms with Gasteiger partial charge in [0.2, 0.25) is 15.9 Å². The lowest BCUT2D eigenvalue weighted by molar-refractivity contribution is -0.154. The first-order valence-corrected chi connectivity index (χ1v) is 20.7. The molecular weight excluding hydrogens is 679 g/mol. The van der Waals surface area contributed by atoms with Gasteiger partial charge in [0.25, 0.3) is 5.91 Å².